The van der Waals surface area contributed by atoms with E-state index in [1.165, 1.54) is 12.1 Å². The van der Waals surface area contributed by atoms with Gasteiger partial charge in [-0.1, -0.05) is 23.7 Å². The maximum atomic E-state index is 13.3. The molecule has 3 aromatic heterocycles. The lowest BCUT2D eigenvalue weighted by Crippen LogP contribution is -2.49. The molecule has 4 heterocycles. The lowest BCUT2D eigenvalue weighted by molar-refractivity contribution is 0.101. The Bertz CT molecular complexity index is 1450. The number of aliphatic imine (C=N–C) groups is 1. The number of aromatic nitrogens is 5. The highest BCUT2D eigenvalue weighted by atomic mass is 35.5. The molecule has 0 unspecified atom stereocenters. The van der Waals surface area contributed by atoms with Crippen molar-refractivity contribution in [1.82, 2.24) is 29.6 Å². The molecule has 0 spiro atoms. The predicted octanol–water partition coefficient (Wildman–Crippen LogP) is 3.43. The van der Waals surface area contributed by atoms with Crippen molar-refractivity contribution in [1.29, 1.82) is 5.41 Å². The standard InChI is InChI=1S/C26H27ClFN9O/c1-26(38,18-3-5-20(28)6-4-18)19-12-31-25(32-13-19)37-9-7-36(8-10-37)24(33-16-29)23-22(27)21(14-30-23)17-11-34-35(2)15-17/h3-6,11-16,29-30,38H,7-10H2,1-2H3/t26-/m0/s1. The van der Waals surface area contributed by atoms with Gasteiger partial charge in [0.2, 0.25) is 5.95 Å². The number of benzene rings is 1. The van der Waals surface area contributed by atoms with Gasteiger partial charge in [0.15, 0.2) is 5.84 Å². The lowest BCUT2D eigenvalue weighted by atomic mass is 9.90. The van der Waals surface area contributed by atoms with E-state index < -0.39 is 5.60 Å². The van der Waals surface area contributed by atoms with Gasteiger partial charge in [-0.05, 0) is 24.6 Å². The van der Waals surface area contributed by atoms with Gasteiger partial charge < -0.3 is 19.9 Å². The summed E-state index contributed by atoms with van der Waals surface area (Å²) in [5.41, 5.74) is 2.06. The van der Waals surface area contributed by atoms with Gasteiger partial charge >= 0.3 is 0 Å². The van der Waals surface area contributed by atoms with Crippen LogP contribution in [0.3, 0.4) is 0 Å². The molecule has 0 saturated carbocycles. The topological polar surface area (TPSA) is 122 Å². The molecule has 1 aromatic carbocycles. The third kappa shape index (κ3) is 4.90. The number of nitrogens with one attached hydrogen (secondary N) is 2. The SMILES string of the molecule is Cn1cc(-c2c[nH]c(C(=NC=N)N3CCN(c4ncc([C@@](C)(O)c5ccc(F)cc5)cn4)CC3)c2Cl)cn1. The summed E-state index contributed by atoms with van der Waals surface area (Å²) in [6.07, 6.45) is 9.65. The number of rotatable bonds is 6. The quantitative estimate of drug-likeness (QED) is 0.257. The Balaban J connectivity index is 1.28. The first kappa shape index (κ1) is 25.6. The largest absolute Gasteiger partial charge is 0.381 e. The van der Waals surface area contributed by atoms with E-state index in [-0.39, 0.29) is 5.82 Å². The summed E-state index contributed by atoms with van der Waals surface area (Å²) in [7, 11) is 1.84. The average Bonchev–Trinajstić information content (AvgIpc) is 3.52. The molecule has 1 aliphatic rings. The van der Waals surface area contributed by atoms with Crippen LogP contribution in [0.25, 0.3) is 11.1 Å². The van der Waals surface area contributed by atoms with Crippen LogP contribution in [0.15, 0.2) is 60.2 Å². The van der Waals surface area contributed by atoms with E-state index in [1.807, 2.05) is 24.3 Å². The van der Waals surface area contributed by atoms with Crippen molar-refractivity contribution in [2.45, 2.75) is 12.5 Å². The number of hydrogen-bond acceptors (Lipinski definition) is 6. The minimum absolute atomic E-state index is 0.364. The van der Waals surface area contributed by atoms with Crippen molar-refractivity contribution >= 4 is 29.7 Å². The first-order chi connectivity index (χ1) is 18.3. The van der Waals surface area contributed by atoms with Crippen LogP contribution < -0.4 is 4.90 Å². The van der Waals surface area contributed by atoms with Gasteiger partial charge in [0.1, 0.15) is 23.5 Å². The summed E-state index contributed by atoms with van der Waals surface area (Å²) in [5, 5.41) is 23.3. The van der Waals surface area contributed by atoms with Crippen LogP contribution in [0, 0.1) is 11.2 Å². The minimum atomic E-state index is -1.35. The second-order valence-electron chi connectivity index (χ2n) is 9.20. The van der Waals surface area contributed by atoms with E-state index in [0.717, 1.165) is 17.5 Å². The molecule has 1 fully saturated rings. The van der Waals surface area contributed by atoms with Crippen LogP contribution in [-0.4, -0.2) is 73.1 Å². The number of aliphatic hydroxyl groups is 1. The van der Waals surface area contributed by atoms with Crippen LogP contribution in [0.4, 0.5) is 10.3 Å². The summed E-state index contributed by atoms with van der Waals surface area (Å²) in [6.45, 7) is 4.11. The van der Waals surface area contributed by atoms with Crippen LogP contribution in [0.2, 0.25) is 5.02 Å². The summed E-state index contributed by atoms with van der Waals surface area (Å²) in [4.78, 5) is 20.6. The number of hydrogen-bond donors (Lipinski definition) is 3. The number of piperazine rings is 1. The summed E-state index contributed by atoms with van der Waals surface area (Å²) >= 11 is 6.73. The smallest absolute Gasteiger partial charge is 0.225 e. The number of halogens is 2. The first-order valence-corrected chi connectivity index (χ1v) is 12.4. The van der Waals surface area contributed by atoms with E-state index in [0.29, 0.717) is 59.8 Å². The third-order valence-corrected chi connectivity index (χ3v) is 7.10. The average molecular weight is 536 g/mol. The van der Waals surface area contributed by atoms with E-state index >= 15 is 0 Å². The van der Waals surface area contributed by atoms with E-state index in [2.05, 4.69) is 29.9 Å². The van der Waals surface area contributed by atoms with Crippen molar-refractivity contribution in [2.75, 3.05) is 31.1 Å². The molecule has 1 atom stereocenters. The molecule has 5 rings (SSSR count). The van der Waals surface area contributed by atoms with Crippen LogP contribution in [0.1, 0.15) is 23.7 Å². The number of amidine groups is 1. The molecule has 1 aliphatic heterocycles. The van der Waals surface area contributed by atoms with Gasteiger partial charge in [-0.15, -0.1) is 0 Å². The molecular weight excluding hydrogens is 509 g/mol. The molecule has 3 N–H and O–H groups in total. The fraction of sp³-hybridized carbons (Fsp3) is 0.269. The van der Waals surface area contributed by atoms with Gasteiger partial charge in [0.25, 0.3) is 0 Å². The van der Waals surface area contributed by atoms with Crippen LogP contribution in [-0.2, 0) is 12.6 Å². The highest BCUT2D eigenvalue weighted by Crippen LogP contribution is 2.32. The summed E-state index contributed by atoms with van der Waals surface area (Å²) in [6, 6.07) is 5.72. The first-order valence-electron chi connectivity index (χ1n) is 12.0. The number of aromatic amines is 1. The van der Waals surface area contributed by atoms with E-state index in [9.17, 15) is 9.50 Å². The maximum Gasteiger partial charge on any atom is 0.225 e. The zero-order valence-corrected chi connectivity index (χ0v) is 21.7. The molecule has 38 heavy (non-hydrogen) atoms. The van der Waals surface area contributed by atoms with Crippen molar-refractivity contribution < 1.29 is 9.50 Å². The molecule has 1 saturated heterocycles. The third-order valence-electron chi connectivity index (χ3n) is 6.71. The molecule has 12 heteroatoms. The van der Waals surface area contributed by atoms with E-state index in [1.54, 1.807) is 42.3 Å². The van der Waals surface area contributed by atoms with Gasteiger partial charge in [-0.25, -0.2) is 19.4 Å². The van der Waals surface area contributed by atoms with Crippen molar-refractivity contribution in [2.24, 2.45) is 12.0 Å². The zero-order valence-electron chi connectivity index (χ0n) is 20.9. The fourth-order valence-corrected chi connectivity index (χ4v) is 4.80. The summed E-state index contributed by atoms with van der Waals surface area (Å²) < 4.78 is 15.0. The number of H-pyrrole nitrogens is 1. The Kier molecular flexibility index (Phi) is 6.96. The van der Waals surface area contributed by atoms with Gasteiger partial charge in [0, 0.05) is 74.7 Å². The van der Waals surface area contributed by atoms with Crippen LogP contribution >= 0.6 is 11.6 Å². The molecule has 0 radical (unpaired) electrons. The highest BCUT2D eigenvalue weighted by Gasteiger charge is 2.29. The molecule has 0 bridgehead atoms. The van der Waals surface area contributed by atoms with Crippen molar-refractivity contribution in [3.63, 3.8) is 0 Å². The van der Waals surface area contributed by atoms with Gasteiger partial charge in [-0.2, -0.15) is 5.10 Å². The normalized spacial score (nSPS) is 16.0. The Hall–Kier alpha value is -4.09. The monoisotopic (exact) mass is 535 g/mol. The maximum absolute atomic E-state index is 13.3. The highest BCUT2D eigenvalue weighted by molar-refractivity contribution is 6.36. The van der Waals surface area contributed by atoms with Gasteiger partial charge in [-0.3, -0.25) is 10.1 Å². The lowest BCUT2D eigenvalue weighted by Gasteiger charge is -2.36. The Morgan fingerprint density at radius 3 is 2.42 bits per heavy atom. The molecule has 4 aromatic rings. The fourth-order valence-electron chi connectivity index (χ4n) is 4.50. The Morgan fingerprint density at radius 2 is 1.82 bits per heavy atom. The second kappa shape index (κ2) is 10.3. The molecule has 196 valence electrons. The summed E-state index contributed by atoms with van der Waals surface area (Å²) in [5.74, 6) is 0.772. The number of aryl methyl sites for hydroxylation is 1. The molecule has 0 amide bonds. The second-order valence-corrected chi connectivity index (χ2v) is 9.58. The molecule has 0 aliphatic carbocycles. The number of anilines is 1. The zero-order chi connectivity index (χ0) is 26.9. The predicted molar refractivity (Wildman–Crippen MR) is 144 cm³/mol. The van der Waals surface area contributed by atoms with Crippen molar-refractivity contribution in [3.05, 3.63) is 82.9 Å². The van der Waals surface area contributed by atoms with Crippen LogP contribution in [0.5, 0.6) is 0 Å². The van der Waals surface area contributed by atoms with Crippen molar-refractivity contribution in [3.8, 4) is 11.1 Å². The van der Waals surface area contributed by atoms with E-state index in [4.69, 9.17) is 17.0 Å². The Labute approximate surface area is 224 Å². The Morgan fingerprint density at radius 1 is 1.13 bits per heavy atom. The number of nitrogens with zero attached hydrogens (tertiary/aromatic N) is 7. The van der Waals surface area contributed by atoms with Gasteiger partial charge in [0.05, 0.1) is 11.2 Å². The molecular formula is C26H27ClFN9O. The minimum Gasteiger partial charge on any atom is -0.381 e. The molecule has 10 nitrogen and oxygen atoms in total.